The Morgan fingerprint density at radius 1 is 1.19 bits per heavy atom. The van der Waals surface area contributed by atoms with Crippen molar-refractivity contribution in [1.29, 1.82) is 0 Å². The minimum absolute atomic E-state index is 0.0574. The monoisotopic (exact) mass is 363 g/mol. The molecule has 0 aliphatic rings. The van der Waals surface area contributed by atoms with Crippen molar-refractivity contribution >= 4 is 11.6 Å². The molecule has 134 valence electrons. The zero-order valence-electron chi connectivity index (χ0n) is 13.4. The first-order valence-electron chi connectivity index (χ1n) is 7.39. The molecule has 0 radical (unpaired) electrons. The van der Waals surface area contributed by atoms with Crippen LogP contribution < -0.4 is 10.1 Å². The van der Waals surface area contributed by atoms with Gasteiger partial charge < -0.3 is 14.6 Å². The number of aromatic nitrogens is 2. The summed E-state index contributed by atoms with van der Waals surface area (Å²) < 4.78 is 48.5. The second-order valence-corrected chi connectivity index (χ2v) is 5.20. The maximum absolute atomic E-state index is 12.9. The molecule has 1 N–H and O–H groups in total. The van der Waals surface area contributed by atoms with Crippen molar-refractivity contribution in [2.45, 2.75) is 13.3 Å². The molecule has 0 atom stereocenters. The van der Waals surface area contributed by atoms with Gasteiger partial charge in [0.1, 0.15) is 17.1 Å². The van der Waals surface area contributed by atoms with E-state index in [1.807, 2.05) is 0 Å². The van der Waals surface area contributed by atoms with Crippen molar-refractivity contribution < 1.29 is 27.2 Å². The number of carbonyl (C=O) groups excluding carboxylic acids is 1. The summed E-state index contributed by atoms with van der Waals surface area (Å²) in [4.78, 5) is 16.2. The summed E-state index contributed by atoms with van der Waals surface area (Å²) in [6.45, 7) is 1.39. The van der Waals surface area contributed by atoms with Crippen LogP contribution in [0.1, 0.15) is 28.2 Å². The Kier molecular flexibility index (Phi) is 4.87. The molecular weight excluding hydrogens is 351 g/mol. The third-order valence-electron chi connectivity index (χ3n) is 3.34. The fourth-order valence-corrected chi connectivity index (χ4v) is 2.14. The van der Waals surface area contributed by atoms with Crippen LogP contribution in [-0.2, 0) is 0 Å². The molecule has 0 spiro atoms. The summed E-state index contributed by atoms with van der Waals surface area (Å²) in [5.74, 6) is -1.37. The second kappa shape index (κ2) is 7.26. The molecule has 0 unspecified atom stereocenters. The van der Waals surface area contributed by atoms with Crippen molar-refractivity contribution in [2.75, 3.05) is 5.32 Å². The van der Waals surface area contributed by atoms with Gasteiger partial charge in [0.15, 0.2) is 0 Å². The number of nitrogens with zero attached hydrogens (tertiary/aromatic N) is 2. The van der Waals surface area contributed by atoms with Crippen LogP contribution in [0.2, 0.25) is 0 Å². The van der Waals surface area contributed by atoms with E-state index in [1.54, 1.807) is 0 Å². The SMILES string of the molecule is Cc1noc(C(F)F)c1C(=O)Nc1ccc(Oc2ccc(F)cc2)nc1. The number of hydrogen-bond acceptors (Lipinski definition) is 5. The van der Waals surface area contributed by atoms with Gasteiger partial charge in [0, 0.05) is 6.07 Å². The lowest BCUT2D eigenvalue weighted by Gasteiger charge is -2.07. The average molecular weight is 363 g/mol. The molecule has 0 aliphatic carbocycles. The molecule has 0 aliphatic heterocycles. The van der Waals surface area contributed by atoms with E-state index in [9.17, 15) is 18.0 Å². The van der Waals surface area contributed by atoms with Gasteiger partial charge in [0.05, 0.1) is 17.6 Å². The molecule has 0 fully saturated rings. The standard InChI is InChI=1S/C17H12F3N3O3/c1-9-14(15(16(19)20)26-23-9)17(24)22-11-4-7-13(21-8-11)25-12-5-2-10(18)3-6-12/h2-8,16H,1H3,(H,22,24). The molecule has 9 heteroatoms. The molecule has 2 heterocycles. The normalized spacial score (nSPS) is 10.8. The summed E-state index contributed by atoms with van der Waals surface area (Å²) in [6, 6.07) is 8.31. The number of nitrogens with one attached hydrogen (secondary N) is 1. The van der Waals surface area contributed by atoms with Crippen LogP contribution in [0, 0.1) is 12.7 Å². The van der Waals surface area contributed by atoms with Crippen LogP contribution in [-0.4, -0.2) is 16.0 Å². The van der Waals surface area contributed by atoms with E-state index in [2.05, 4.69) is 20.0 Å². The van der Waals surface area contributed by atoms with Crippen molar-refractivity contribution in [3.8, 4) is 11.6 Å². The molecule has 3 rings (SSSR count). The number of aryl methyl sites for hydroxylation is 1. The summed E-state index contributed by atoms with van der Waals surface area (Å²) in [6.07, 6.45) is -1.66. The van der Waals surface area contributed by atoms with Crippen molar-refractivity contribution in [2.24, 2.45) is 0 Å². The van der Waals surface area contributed by atoms with Crippen molar-refractivity contribution in [3.05, 3.63) is 65.4 Å². The Balaban J connectivity index is 1.70. The molecule has 1 aromatic carbocycles. The Morgan fingerprint density at radius 3 is 2.54 bits per heavy atom. The lowest BCUT2D eigenvalue weighted by molar-refractivity contribution is 0.0966. The van der Waals surface area contributed by atoms with Gasteiger partial charge in [0.25, 0.3) is 12.3 Å². The average Bonchev–Trinajstić information content (AvgIpc) is 3.00. The van der Waals surface area contributed by atoms with Crippen LogP contribution in [0.4, 0.5) is 18.9 Å². The lowest BCUT2D eigenvalue weighted by atomic mass is 10.2. The van der Waals surface area contributed by atoms with Crippen molar-refractivity contribution in [3.63, 3.8) is 0 Å². The van der Waals surface area contributed by atoms with Crippen LogP contribution >= 0.6 is 0 Å². The third-order valence-corrected chi connectivity index (χ3v) is 3.34. The molecule has 2 aromatic heterocycles. The Hall–Kier alpha value is -3.36. The predicted octanol–water partition coefficient (Wildman–Crippen LogP) is 4.50. The number of pyridine rings is 1. The van der Waals surface area contributed by atoms with E-state index in [0.717, 1.165) is 0 Å². The zero-order valence-corrected chi connectivity index (χ0v) is 13.4. The summed E-state index contributed by atoms with van der Waals surface area (Å²) in [5, 5.41) is 5.83. The first-order valence-corrected chi connectivity index (χ1v) is 7.39. The molecule has 6 nitrogen and oxygen atoms in total. The van der Waals surface area contributed by atoms with E-state index < -0.39 is 23.9 Å². The fourth-order valence-electron chi connectivity index (χ4n) is 2.14. The number of ether oxygens (including phenoxy) is 1. The quantitative estimate of drug-likeness (QED) is 0.722. The smallest absolute Gasteiger partial charge is 0.298 e. The highest BCUT2D eigenvalue weighted by Gasteiger charge is 2.26. The number of hydrogen-bond donors (Lipinski definition) is 1. The van der Waals surface area contributed by atoms with Crippen LogP contribution in [0.3, 0.4) is 0 Å². The van der Waals surface area contributed by atoms with Crippen LogP contribution in [0.5, 0.6) is 11.6 Å². The second-order valence-electron chi connectivity index (χ2n) is 5.20. The zero-order chi connectivity index (χ0) is 18.7. The highest BCUT2D eigenvalue weighted by molar-refractivity contribution is 6.05. The summed E-state index contributed by atoms with van der Waals surface area (Å²) >= 11 is 0. The van der Waals surface area contributed by atoms with E-state index in [1.165, 1.54) is 49.5 Å². The Morgan fingerprint density at radius 2 is 1.92 bits per heavy atom. The number of benzene rings is 1. The van der Waals surface area contributed by atoms with Gasteiger partial charge >= 0.3 is 0 Å². The van der Waals surface area contributed by atoms with Gasteiger partial charge in [-0.3, -0.25) is 4.79 Å². The molecular formula is C17H12F3N3O3. The molecule has 1 amide bonds. The Labute approximate surface area is 145 Å². The summed E-state index contributed by atoms with van der Waals surface area (Å²) in [5.41, 5.74) is 0.0101. The number of rotatable bonds is 5. The molecule has 0 saturated carbocycles. The Bertz CT molecular complexity index is 909. The van der Waals surface area contributed by atoms with E-state index >= 15 is 0 Å². The summed E-state index contributed by atoms with van der Waals surface area (Å²) in [7, 11) is 0. The van der Waals surface area contributed by atoms with Gasteiger partial charge in [-0.15, -0.1) is 0 Å². The largest absolute Gasteiger partial charge is 0.439 e. The maximum Gasteiger partial charge on any atom is 0.298 e. The van der Waals surface area contributed by atoms with Gasteiger partial charge in [-0.05, 0) is 37.3 Å². The molecule has 26 heavy (non-hydrogen) atoms. The number of halogens is 3. The topological polar surface area (TPSA) is 77.2 Å². The van der Waals surface area contributed by atoms with Gasteiger partial charge in [0.2, 0.25) is 11.6 Å². The van der Waals surface area contributed by atoms with Gasteiger partial charge in [-0.25, -0.2) is 18.2 Å². The molecule has 3 aromatic rings. The third kappa shape index (κ3) is 3.82. The lowest BCUT2D eigenvalue weighted by Crippen LogP contribution is -2.14. The van der Waals surface area contributed by atoms with Gasteiger partial charge in [-0.2, -0.15) is 0 Å². The van der Waals surface area contributed by atoms with Crippen LogP contribution in [0.25, 0.3) is 0 Å². The number of alkyl halides is 2. The molecule has 0 bridgehead atoms. The predicted molar refractivity (Wildman–Crippen MR) is 84.9 cm³/mol. The fraction of sp³-hybridized carbons (Fsp3) is 0.118. The minimum Gasteiger partial charge on any atom is -0.439 e. The van der Waals surface area contributed by atoms with Crippen LogP contribution in [0.15, 0.2) is 47.1 Å². The number of anilines is 1. The highest BCUT2D eigenvalue weighted by Crippen LogP contribution is 2.26. The van der Waals surface area contributed by atoms with E-state index in [4.69, 9.17) is 4.74 Å². The maximum atomic E-state index is 12.9. The molecule has 0 saturated heterocycles. The van der Waals surface area contributed by atoms with Gasteiger partial charge in [-0.1, -0.05) is 5.16 Å². The number of carbonyl (C=O) groups is 1. The first-order chi connectivity index (χ1) is 12.4. The minimum atomic E-state index is -2.96. The van der Waals surface area contributed by atoms with E-state index in [0.29, 0.717) is 5.75 Å². The first kappa shape index (κ1) is 17.5. The van der Waals surface area contributed by atoms with E-state index in [-0.39, 0.29) is 22.8 Å². The van der Waals surface area contributed by atoms with Crippen molar-refractivity contribution in [1.82, 2.24) is 10.1 Å². The highest BCUT2D eigenvalue weighted by atomic mass is 19.3. The number of amides is 1.